The van der Waals surface area contributed by atoms with Gasteiger partial charge in [-0.05, 0) is 49.2 Å². The first-order valence-corrected chi connectivity index (χ1v) is 8.06. The van der Waals surface area contributed by atoms with Crippen LogP contribution in [0.4, 0.5) is 0 Å². The molecule has 0 saturated carbocycles. The van der Waals surface area contributed by atoms with Crippen molar-refractivity contribution < 1.29 is 0 Å². The van der Waals surface area contributed by atoms with Crippen molar-refractivity contribution in [3.05, 3.63) is 58.3 Å². The van der Waals surface area contributed by atoms with Crippen molar-refractivity contribution in [1.29, 1.82) is 0 Å². The highest BCUT2D eigenvalue weighted by atomic mass is 32.1. The first-order valence-electron chi connectivity index (χ1n) is 7.18. The maximum atomic E-state index is 3.68. The zero-order valence-electron chi connectivity index (χ0n) is 11.6. The van der Waals surface area contributed by atoms with Crippen LogP contribution in [-0.4, -0.2) is 12.6 Å². The standard InChI is InChI=1S/C17H23NS/c1-2-12-18-16(10-11-17-9-6-13-19-17)14-15-7-4-3-5-8-15/h3-9,13,16,18H,2,10-12,14H2,1H3. The first-order chi connectivity index (χ1) is 9.38. The van der Waals surface area contributed by atoms with Gasteiger partial charge in [0.15, 0.2) is 0 Å². The Bertz CT molecular complexity index is 436. The minimum atomic E-state index is 0.587. The van der Waals surface area contributed by atoms with Crippen molar-refractivity contribution in [3.8, 4) is 0 Å². The Morgan fingerprint density at radius 1 is 1.11 bits per heavy atom. The van der Waals surface area contributed by atoms with Gasteiger partial charge in [0.2, 0.25) is 0 Å². The Morgan fingerprint density at radius 3 is 2.63 bits per heavy atom. The van der Waals surface area contributed by atoms with Crippen molar-refractivity contribution in [2.24, 2.45) is 0 Å². The molecule has 0 aliphatic rings. The van der Waals surface area contributed by atoms with Crippen molar-refractivity contribution in [2.75, 3.05) is 6.54 Å². The van der Waals surface area contributed by atoms with Gasteiger partial charge in [-0.15, -0.1) is 11.3 Å². The monoisotopic (exact) mass is 273 g/mol. The molecule has 1 heterocycles. The Morgan fingerprint density at radius 2 is 1.95 bits per heavy atom. The van der Waals surface area contributed by atoms with E-state index in [9.17, 15) is 0 Å². The molecule has 0 bridgehead atoms. The molecule has 0 aliphatic carbocycles. The maximum Gasteiger partial charge on any atom is 0.0111 e. The van der Waals surface area contributed by atoms with Gasteiger partial charge in [0.05, 0.1) is 0 Å². The number of hydrogen-bond donors (Lipinski definition) is 1. The van der Waals surface area contributed by atoms with E-state index in [1.165, 1.54) is 29.7 Å². The van der Waals surface area contributed by atoms with Crippen molar-refractivity contribution in [2.45, 2.75) is 38.6 Å². The van der Waals surface area contributed by atoms with Crippen LogP contribution in [0.1, 0.15) is 30.2 Å². The van der Waals surface area contributed by atoms with Gasteiger partial charge < -0.3 is 5.32 Å². The van der Waals surface area contributed by atoms with Gasteiger partial charge in [-0.25, -0.2) is 0 Å². The van der Waals surface area contributed by atoms with Gasteiger partial charge in [0.1, 0.15) is 0 Å². The first kappa shape index (κ1) is 14.3. The summed E-state index contributed by atoms with van der Waals surface area (Å²) >= 11 is 1.87. The molecular weight excluding hydrogens is 250 g/mol. The van der Waals surface area contributed by atoms with E-state index in [2.05, 4.69) is 60.1 Å². The van der Waals surface area contributed by atoms with E-state index in [4.69, 9.17) is 0 Å². The van der Waals surface area contributed by atoms with Crippen LogP contribution in [0, 0.1) is 0 Å². The minimum absolute atomic E-state index is 0.587. The normalized spacial score (nSPS) is 12.5. The quantitative estimate of drug-likeness (QED) is 0.756. The van der Waals surface area contributed by atoms with Crippen LogP contribution in [0.2, 0.25) is 0 Å². The number of aryl methyl sites for hydroxylation is 1. The fraction of sp³-hybridized carbons (Fsp3) is 0.412. The summed E-state index contributed by atoms with van der Waals surface area (Å²) in [4.78, 5) is 1.50. The molecule has 0 spiro atoms. The lowest BCUT2D eigenvalue weighted by Gasteiger charge is -2.18. The highest BCUT2D eigenvalue weighted by molar-refractivity contribution is 7.09. The fourth-order valence-corrected chi connectivity index (χ4v) is 3.02. The van der Waals surface area contributed by atoms with Crippen molar-refractivity contribution in [3.63, 3.8) is 0 Å². The van der Waals surface area contributed by atoms with Crippen LogP contribution in [0.15, 0.2) is 47.8 Å². The molecule has 1 aromatic carbocycles. The molecule has 0 amide bonds. The zero-order chi connectivity index (χ0) is 13.3. The SMILES string of the molecule is CCCNC(CCc1cccs1)Cc1ccccc1. The molecule has 0 radical (unpaired) electrons. The molecule has 19 heavy (non-hydrogen) atoms. The lowest BCUT2D eigenvalue weighted by molar-refractivity contribution is 0.479. The predicted molar refractivity (Wildman–Crippen MR) is 84.9 cm³/mol. The Labute approximate surface area is 120 Å². The summed E-state index contributed by atoms with van der Waals surface area (Å²) in [7, 11) is 0. The van der Waals surface area contributed by atoms with E-state index < -0.39 is 0 Å². The molecule has 0 saturated heterocycles. The van der Waals surface area contributed by atoms with E-state index >= 15 is 0 Å². The third kappa shape index (κ3) is 5.17. The van der Waals surface area contributed by atoms with Gasteiger partial charge in [-0.2, -0.15) is 0 Å². The number of thiophene rings is 1. The second kappa shape index (κ2) is 8.13. The summed E-state index contributed by atoms with van der Waals surface area (Å²) in [6.07, 6.45) is 4.73. The summed E-state index contributed by atoms with van der Waals surface area (Å²) < 4.78 is 0. The molecule has 102 valence electrons. The Hall–Kier alpha value is -1.12. The molecule has 1 N–H and O–H groups in total. The smallest absolute Gasteiger partial charge is 0.0111 e. The average molecular weight is 273 g/mol. The number of rotatable bonds is 8. The largest absolute Gasteiger partial charge is 0.314 e. The molecule has 0 fully saturated rings. The molecule has 1 atom stereocenters. The molecular formula is C17H23NS. The van der Waals surface area contributed by atoms with Crippen LogP contribution >= 0.6 is 11.3 Å². The van der Waals surface area contributed by atoms with Crippen molar-refractivity contribution in [1.82, 2.24) is 5.32 Å². The fourth-order valence-electron chi connectivity index (χ4n) is 2.29. The van der Waals surface area contributed by atoms with Gasteiger partial charge >= 0.3 is 0 Å². The predicted octanol–water partition coefficient (Wildman–Crippen LogP) is 4.29. The third-order valence-electron chi connectivity index (χ3n) is 3.33. The number of nitrogens with one attached hydrogen (secondary N) is 1. The van der Waals surface area contributed by atoms with E-state index in [-0.39, 0.29) is 0 Å². The van der Waals surface area contributed by atoms with Crippen LogP contribution in [-0.2, 0) is 12.8 Å². The summed E-state index contributed by atoms with van der Waals surface area (Å²) in [5, 5.41) is 5.85. The average Bonchev–Trinajstić information content (AvgIpc) is 2.96. The summed E-state index contributed by atoms with van der Waals surface area (Å²) in [5.74, 6) is 0. The topological polar surface area (TPSA) is 12.0 Å². The van der Waals surface area contributed by atoms with Crippen LogP contribution in [0.25, 0.3) is 0 Å². The maximum absolute atomic E-state index is 3.68. The molecule has 1 aromatic heterocycles. The summed E-state index contributed by atoms with van der Waals surface area (Å²) in [6.45, 7) is 3.34. The molecule has 1 unspecified atom stereocenters. The molecule has 1 nitrogen and oxygen atoms in total. The van der Waals surface area contributed by atoms with Crippen LogP contribution < -0.4 is 5.32 Å². The van der Waals surface area contributed by atoms with E-state index in [1.54, 1.807) is 0 Å². The lowest BCUT2D eigenvalue weighted by Crippen LogP contribution is -2.32. The second-order valence-electron chi connectivity index (χ2n) is 4.96. The Balaban J connectivity index is 1.87. The van der Waals surface area contributed by atoms with Gasteiger partial charge in [0.25, 0.3) is 0 Å². The van der Waals surface area contributed by atoms with Gasteiger partial charge in [-0.1, -0.05) is 43.3 Å². The van der Waals surface area contributed by atoms with Crippen molar-refractivity contribution >= 4 is 11.3 Å². The van der Waals surface area contributed by atoms with Gasteiger partial charge in [0, 0.05) is 10.9 Å². The van der Waals surface area contributed by atoms with Crippen LogP contribution in [0.5, 0.6) is 0 Å². The molecule has 2 heteroatoms. The number of hydrogen-bond acceptors (Lipinski definition) is 2. The van der Waals surface area contributed by atoms with Crippen LogP contribution in [0.3, 0.4) is 0 Å². The lowest BCUT2D eigenvalue weighted by atomic mass is 10.0. The van der Waals surface area contributed by atoms with E-state index in [0.29, 0.717) is 6.04 Å². The molecule has 2 aromatic rings. The van der Waals surface area contributed by atoms with E-state index in [0.717, 1.165) is 13.0 Å². The minimum Gasteiger partial charge on any atom is -0.314 e. The Kier molecular flexibility index (Phi) is 6.12. The zero-order valence-corrected chi connectivity index (χ0v) is 12.5. The summed E-state index contributed by atoms with van der Waals surface area (Å²) in [6, 6.07) is 15.8. The van der Waals surface area contributed by atoms with E-state index in [1.807, 2.05) is 11.3 Å². The third-order valence-corrected chi connectivity index (χ3v) is 4.26. The van der Waals surface area contributed by atoms with Gasteiger partial charge in [-0.3, -0.25) is 0 Å². The summed E-state index contributed by atoms with van der Waals surface area (Å²) in [5.41, 5.74) is 1.43. The number of benzene rings is 1. The second-order valence-corrected chi connectivity index (χ2v) is 5.99. The highest BCUT2D eigenvalue weighted by Gasteiger charge is 2.09. The molecule has 2 rings (SSSR count). The molecule has 0 aliphatic heterocycles. The highest BCUT2D eigenvalue weighted by Crippen LogP contribution is 2.14.